The van der Waals surface area contributed by atoms with E-state index in [1.54, 1.807) is 7.11 Å². The fourth-order valence-corrected chi connectivity index (χ4v) is 3.59. The number of methoxy groups -OCH3 is 1. The monoisotopic (exact) mass is 352 g/mol. The van der Waals surface area contributed by atoms with Gasteiger partial charge < -0.3 is 19.4 Å². The van der Waals surface area contributed by atoms with Gasteiger partial charge in [-0.25, -0.2) is 0 Å². The molecule has 1 atom stereocenters. The van der Waals surface area contributed by atoms with Gasteiger partial charge in [0.05, 0.1) is 13.7 Å². The molecule has 0 saturated carbocycles. The van der Waals surface area contributed by atoms with E-state index in [2.05, 4.69) is 26.9 Å². The topological polar surface area (TPSA) is 37.5 Å². The first kappa shape index (κ1) is 18.1. The molecular formula is C19H26F2N2O2. The first-order valence-electron chi connectivity index (χ1n) is 8.92. The third kappa shape index (κ3) is 4.92. The lowest BCUT2D eigenvalue weighted by Crippen LogP contribution is -2.27. The Morgan fingerprint density at radius 1 is 1.28 bits per heavy atom. The van der Waals surface area contributed by atoms with Crippen LogP contribution < -0.4 is 4.74 Å². The lowest BCUT2D eigenvalue weighted by molar-refractivity contribution is -0.138. The van der Waals surface area contributed by atoms with Gasteiger partial charge in [0, 0.05) is 23.6 Å². The van der Waals surface area contributed by atoms with Crippen molar-refractivity contribution in [2.75, 3.05) is 33.4 Å². The normalized spacial score (nSPS) is 19.4. The molecule has 0 aliphatic carbocycles. The summed E-state index contributed by atoms with van der Waals surface area (Å²) >= 11 is 0. The highest BCUT2D eigenvalue weighted by atomic mass is 19.3. The minimum Gasteiger partial charge on any atom is -0.497 e. The van der Waals surface area contributed by atoms with E-state index >= 15 is 0 Å². The highest BCUT2D eigenvalue weighted by Gasteiger charge is 2.19. The van der Waals surface area contributed by atoms with Gasteiger partial charge >= 0.3 is 6.61 Å². The summed E-state index contributed by atoms with van der Waals surface area (Å²) in [5.74, 6) is 1.11. The molecule has 1 aliphatic heterocycles. The van der Waals surface area contributed by atoms with Crippen LogP contribution in [-0.2, 0) is 11.2 Å². The van der Waals surface area contributed by atoms with Gasteiger partial charge in [-0.15, -0.1) is 0 Å². The first-order chi connectivity index (χ1) is 12.2. The highest BCUT2D eigenvalue weighted by molar-refractivity contribution is 5.84. The predicted octanol–water partition coefficient (Wildman–Crippen LogP) is 4.06. The molecule has 25 heavy (non-hydrogen) atoms. The maximum absolute atomic E-state index is 12.2. The second-order valence-corrected chi connectivity index (χ2v) is 6.71. The Labute approximate surface area is 147 Å². The summed E-state index contributed by atoms with van der Waals surface area (Å²) < 4.78 is 34.2. The highest BCUT2D eigenvalue weighted by Crippen LogP contribution is 2.25. The van der Waals surface area contributed by atoms with E-state index in [4.69, 9.17) is 4.74 Å². The maximum Gasteiger partial charge on any atom is 0.345 e. The summed E-state index contributed by atoms with van der Waals surface area (Å²) in [7, 11) is 1.68. The number of H-pyrrole nitrogens is 1. The van der Waals surface area contributed by atoms with Crippen molar-refractivity contribution in [2.24, 2.45) is 5.92 Å². The van der Waals surface area contributed by atoms with Crippen molar-refractivity contribution in [3.05, 3.63) is 30.0 Å². The van der Waals surface area contributed by atoms with Gasteiger partial charge in [0.1, 0.15) is 5.75 Å². The summed E-state index contributed by atoms with van der Waals surface area (Å²) in [4.78, 5) is 5.74. The number of alkyl halides is 2. The maximum atomic E-state index is 12.2. The molecule has 1 aromatic carbocycles. The van der Waals surface area contributed by atoms with Gasteiger partial charge in [-0.2, -0.15) is 8.78 Å². The Kier molecular flexibility index (Phi) is 6.26. The Hall–Kier alpha value is -1.66. The van der Waals surface area contributed by atoms with Crippen LogP contribution in [0.2, 0.25) is 0 Å². The van der Waals surface area contributed by atoms with E-state index in [1.165, 1.54) is 10.9 Å². The fraction of sp³-hybridized carbons (Fsp3) is 0.579. The van der Waals surface area contributed by atoms with Crippen LogP contribution in [0.5, 0.6) is 5.75 Å². The van der Waals surface area contributed by atoms with Gasteiger partial charge in [0.15, 0.2) is 0 Å². The third-order valence-electron chi connectivity index (χ3n) is 5.07. The summed E-state index contributed by atoms with van der Waals surface area (Å²) in [6.07, 6.45) is 5.97. The molecule has 1 N–H and O–H groups in total. The molecule has 0 spiro atoms. The number of halogens is 2. The quantitative estimate of drug-likeness (QED) is 0.816. The van der Waals surface area contributed by atoms with Crippen LogP contribution in [-0.4, -0.2) is 49.8 Å². The van der Waals surface area contributed by atoms with Crippen LogP contribution in [0.4, 0.5) is 8.78 Å². The Morgan fingerprint density at radius 3 is 2.96 bits per heavy atom. The summed E-state index contributed by atoms with van der Waals surface area (Å²) in [5, 5.41) is 1.21. The van der Waals surface area contributed by atoms with Crippen LogP contribution in [0.25, 0.3) is 10.9 Å². The smallest absolute Gasteiger partial charge is 0.345 e. The van der Waals surface area contributed by atoms with E-state index in [9.17, 15) is 8.78 Å². The van der Waals surface area contributed by atoms with Gasteiger partial charge in [-0.3, -0.25) is 0 Å². The summed E-state index contributed by atoms with van der Waals surface area (Å²) in [6, 6.07) is 6.07. The third-order valence-corrected chi connectivity index (χ3v) is 5.07. The Morgan fingerprint density at radius 2 is 2.16 bits per heavy atom. The van der Waals surface area contributed by atoms with E-state index in [0.717, 1.165) is 56.6 Å². The van der Waals surface area contributed by atoms with Gasteiger partial charge in [-0.05, 0) is 68.5 Å². The molecule has 0 bridgehead atoms. The van der Waals surface area contributed by atoms with Gasteiger partial charge in [0.25, 0.3) is 0 Å². The molecule has 1 saturated heterocycles. The Balaban J connectivity index is 1.53. The molecule has 4 nitrogen and oxygen atoms in total. The number of nitrogens with zero attached hydrogens (tertiary/aromatic N) is 1. The minimum absolute atomic E-state index is 0.174. The van der Waals surface area contributed by atoms with Crippen molar-refractivity contribution in [3.63, 3.8) is 0 Å². The molecule has 2 heterocycles. The molecule has 2 aromatic rings. The van der Waals surface area contributed by atoms with Crippen LogP contribution >= 0.6 is 0 Å². The molecule has 0 radical (unpaired) electrons. The minimum atomic E-state index is -2.65. The molecule has 1 fully saturated rings. The largest absolute Gasteiger partial charge is 0.497 e. The van der Waals surface area contributed by atoms with Crippen LogP contribution in [0.1, 0.15) is 24.8 Å². The lowest BCUT2D eigenvalue weighted by atomic mass is 10.0. The zero-order valence-corrected chi connectivity index (χ0v) is 14.6. The predicted molar refractivity (Wildman–Crippen MR) is 94.3 cm³/mol. The molecule has 0 amide bonds. The van der Waals surface area contributed by atoms with Crippen molar-refractivity contribution < 1.29 is 18.3 Å². The molecule has 1 aromatic heterocycles. The number of nitrogens with one attached hydrogen (secondary N) is 1. The van der Waals surface area contributed by atoms with Gasteiger partial charge in [-0.1, -0.05) is 0 Å². The average molecular weight is 352 g/mol. The van der Waals surface area contributed by atoms with E-state index in [1.807, 2.05) is 12.1 Å². The number of aromatic amines is 1. The van der Waals surface area contributed by atoms with Crippen molar-refractivity contribution >= 4 is 10.9 Å². The molecule has 3 rings (SSSR count). The number of aromatic nitrogens is 1. The zero-order valence-electron chi connectivity index (χ0n) is 14.6. The molecule has 0 unspecified atom stereocenters. The SMILES string of the molecule is COc1ccc2[nH]cc(CCN3CCC[C@H](COC(F)F)CC3)c2c1. The zero-order chi connectivity index (χ0) is 17.6. The number of likely N-dealkylation sites (tertiary alicyclic amines) is 1. The number of ether oxygens (including phenoxy) is 2. The summed E-state index contributed by atoms with van der Waals surface area (Å²) in [6.45, 7) is 0.471. The molecule has 138 valence electrons. The van der Waals surface area contributed by atoms with Crippen LogP contribution in [0.3, 0.4) is 0 Å². The number of fused-ring (bicyclic) bond motifs is 1. The summed E-state index contributed by atoms with van der Waals surface area (Å²) in [5.41, 5.74) is 2.41. The van der Waals surface area contributed by atoms with E-state index in [0.29, 0.717) is 0 Å². The lowest BCUT2D eigenvalue weighted by Gasteiger charge is -2.20. The van der Waals surface area contributed by atoms with Crippen molar-refractivity contribution in [3.8, 4) is 5.75 Å². The average Bonchev–Trinajstić information content (AvgIpc) is 2.87. The van der Waals surface area contributed by atoms with E-state index < -0.39 is 6.61 Å². The molecule has 1 aliphatic rings. The fourth-order valence-electron chi connectivity index (χ4n) is 3.59. The first-order valence-corrected chi connectivity index (χ1v) is 8.92. The number of hydrogen-bond donors (Lipinski definition) is 1. The number of benzene rings is 1. The number of rotatable bonds is 7. The molecule has 6 heteroatoms. The Bertz CT molecular complexity index is 674. The van der Waals surface area contributed by atoms with Crippen molar-refractivity contribution in [2.45, 2.75) is 32.3 Å². The van der Waals surface area contributed by atoms with Crippen LogP contribution in [0, 0.1) is 5.92 Å². The van der Waals surface area contributed by atoms with Crippen LogP contribution in [0.15, 0.2) is 24.4 Å². The van der Waals surface area contributed by atoms with E-state index in [-0.39, 0.29) is 12.5 Å². The second-order valence-electron chi connectivity index (χ2n) is 6.71. The second kappa shape index (κ2) is 8.63. The van der Waals surface area contributed by atoms with Gasteiger partial charge in [0.2, 0.25) is 0 Å². The van der Waals surface area contributed by atoms with Crippen molar-refractivity contribution in [1.29, 1.82) is 0 Å². The number of hydrogen-bond acceptors (Lipinski definition) is 3. The standard InChI is InChI=1S/C19H26F2N2O2/c1-24-16-4-5-18-17(11-16)15(12-22-18)7-10-23-8-2-3-14(6-9-23)13-25-19(20)21/h4-5,11-12,14,19,22H,2-3,6-10,13H2,1H3/t14-/m0/s1. The molecular weight excluding hydrogens is 326 g/mol. The van der Waals surface area contributed by atoms with Crippen molar-refractivity contribution in [1.82, 2.24) is 9.88 Å².